The second kappa shape index (κ2) is 6.26. The minimum absolute atomic E-state index is 0.0148. The summed E-state index contributed by atoms with van der Waals surface area (Å²) in [7, 11) is 1.76. The SMILES string of the molecule is COCC1(c2nc(C3CCOCC3)nn2-c2ccncc2C)CC1. The van der Waals surface area contributed by atoms with E-state index in [4.69, 9.17) is 19.6 Å². The van der Waals surface area contributed by atoms with Gasteiger partial charge in [0.15, 0.2) is 5.82 Å². The zero-order valence-electron chi connectivity index (χ0n) is 14.4. The molecule has 6 heteroatoms. The van der Waals surface area contributed by atoms with Crippen molar-refractivity contribution in [3.63, 3.8) is 0 Å². The molecule has 4 rings (SSSR count). The lowest BCUT2D eigenvalue weighted by Crippen LogP contribution is -2.20. The lowest BCUT2D eigenvalue weighted by molar-refractivity contribution is 0.0836. The molecule has 0 aromatic carbocycles. The Labute approximate surface area is 142 Å². The Balaban J connectivity index is 1.78. The Hall–Kier alpha value is -1.79. The van der Waals surface area contributed by atoms with Crippen molar-refractivity contribution in [2.24, 2.45) is 0 Å². The van der Waals surface area contributed by atoms with Gasteiger partial charge in [-0.05, 0) is 44.2 Å². The molecule has 0 unspecified atom stereocenters. The van der Waals surface area contributed by atoms with Gasteiger partial charge in [0.2, 0.25) is 0 Å². The molecule has 6 nitrogen and oxygen atoms in total. The van der Waals surface area contributed by atoms with Crippen LogP contribution < -0.4 is 0 Å². The normalized spacial score (nSPS) is 20.2. The minimum atomic E-state index is 0.0148. The molecule has 0 radical (unpaired) electrons. The van der Waals surface area contributed by atoms with E-state index in [-0.39, 0.29) is 5.41 Å². The van der Waals surface area contributed by atoms with E-state index < -0.39 is 0 Å². The molecule has 1 saturated carbocycles. The van der Waals surface area contributed by atoms with Crippen LogP contribution in [0.4, 0.5) is 0 Å². The van der Waals surface area contributed by atoms with Gasteiger partial charge >= 0.3 is 0 Å². The molecule has 0 N–H and O–H groups in total. The highest BCUT2D eigenvalue weighted by Gasteiger charge is 2.49. The molecular formula is C18H24N4O2. The minimum Gasteiger partial charge on any atom is -0.384 e. The molecule has 24 heavy (non-hydrogen) atoms. The number of methoxy groups -OCH3 is 1. The summed E-state index contributed by atoms with van der Waals surface area (Å²) in [6.45, 7) is 4.36. The van der Waals surface area contributed by atoms with Crippen molar-refractivity contribution in [3.05, 3.63) is 35.7 Å². The molecule has 1 aliphatic heterocycles. The quantitative estimate of drug-likeness (QED) is 0.844. The number of aryl methyl sites for hydroxylation is 1. The molecule has 0 spiro atoms. The van der Waals surface area contributed by atoms with E-state index in [1.165, 1.54) is 0 Å². The van der Waals surface area contributed by atoms with Crippen LogP contribution in [0.5, 0.6) is 0 Å². The summed E-state index contributed by atoms with van der Waals surface area (Å²) in [6.07, 6.45) is 7.91. The van der Waals surface area contributed by atoms with E-state index in [0.29, 0.717) is 12.5 Å². The Morgan fingerprint density at radius 3 is 2.79 bits per heavy atom. The summed E-state index contributed by atoms with van der Waals surface area (Å²) in [5.41, 5.74) is 2.18. The maximum absolute atomic E-state index is 5.49. The topological polar surface area (TPSA) is 62.1 Å². The third-order valence-electron chi connectivity index (χ3n) is 5.18. The van der Waals surface area contributed by atoms with E-state index in [9.17, 15) is 0 Å². The van der Waals surface area contributed by atoms with E-state index >= 15 is 0 Å². The Morgan fingerprint density at radius 1 is 1.33 bits per heavy atom. The molecule has 3 heterocycles. The highest BCUT2D eigenvalue weighted by molar-refractivity contribution is 5.40. The van der Waals surface area contributed by atoms with Gasteiger partial charge in [-0.3, -0.25) is 4.98 Å². The number of ether oxygens (including phenoxy) is 2. The van der Waals surface area contributed by atoms with Gasteiger partial charge in [-0.25, -0.2) is 9.67 Å². The van der Waals surface area contributed by atoms with Crippen LogP contribution in [0.2, 0.25) is 0 Å². The predicted molar refractivity (Wildman–Crippen MR) is 89.5 cm³/mol. The van der Waals surface area contributed by atoms with Crippen molar-refractivity contribution in [2.45, 2.75) is 43.9 Å². The molecule has 2 aromatic rings. The third kappa shape index (κ3) is 2.74. The first kappa shape index (κ1) is 15.7. The number of rotatable bonds is 5. The summed E-state index contributed by atoms with van der Waals surface area (Å²) in [4.78, 5) is 9.21. The van der Waals surface area contributed by atoms with Gasteiger partial charge in [-0.2, -0.15) is 5.10 Å². The fourth-order valence-electron chi connectivity index (χ4n) is 3.53. The first-order chi connectivity index (χ1) is 11.7. The second-order valence-corrected chi connectivity index (χ2v) is 6.97. The summed E-state index contributed by atoms with van der Waals surface area (Å²) in [5.74, 6) is 2.38. The summed E-state index contributed by atoms with van der Waals surface area (Å²) >= 11 is 0. The van der Waals surface area contributed by atoms with Gasteiger partial charge in [0, 0.05) is 38.6 Å². The Bertz CT molecular complexity index is 718. The van der Waals surface area contributed by atoms with Crippen molar-refractivity contribution >= 4 is 0 Å². The summed E-state index contributed by atoms with van der Waals surface area (Å²) in [5, 5.41) is 4.92. The molecule has 1 saturated heterocycles. The van der Waals surface area contributed by atoms with Crippen molar-refractivity contribution in [1.82, 2.24) is 19.7 Å². The lowest BCUT2D eigenvalue weighted by Gasteiger charge is -2.19. The summed E-state index contributed by atoms with van der Waals surface area (Å²) in [6, 6.07) is 2.02. The van der Waals surface area contributed by atoms with Crippen LogP contribution in [-0.2, 0) is 14.9 Å². The first-order valence-corrected chi connectivity index (χ1v) is 8.69. The van der Waals surface area contributed by atoms with E-state index in [1.54, 1.807) is 7.11 Å². The average molecular weight is 328 g/mol. The van der Waals surface area contributed by atoms with Crippen molar-refractivity contribution in [2.75, 3.05) is 26.9 Å². The molecule has 1 aliphatic carbocycles. The zero-order chi connectivity index (χ0) is 16.6. The smallest absolute Gasteiger partial charge is 0.154 e. The highest BCUT2D eigenvalue weighted by Crippen LogP contribution is 2.48. The zero-order valence-corrected chi connectivity index (χ0v) is 14.4. The molecule has 2 aliphatic rings. The van der Waals surface area contributed by atoms with Gasteiger partial charge in [0.05, 0.1) is 17.7 Å². The number of aromatic nitrogens is 4. The number of hydrogen-bond donors (Lipinski definition) is 0. The maximum atomic E-state index is 5.49. The van der Waals surface area contributed by atoms with E-state index in [0.717, 1.165) is 61.8 Å². The van der Waals surface area contributed by atoms with Crippen LogP contribution in [0.3, 0.4) is 0 Å². The van der Waals surface area contributed by atoms with Gasteiger partial charge in [0.1, 0.15) is 5.82 Å². The monoisotopic (exact) mass is 328 g/mol. The Morgan fingerprint density at radius 2 is 2.12 bits per heavy atom. The van der Waals surface area contributed by atoms with Gasteiger partial charge in [-0.1, -0.05) is 0 Å². The lowest BCUT2D eigenvalue weighted by atomic mass is 10.00. The van der Waals surface area contributed by atoms with Crippen molar-refractivity contribution < 1.29 is 9.47 Å². The molecule has 0 atom stereocenters. The fourth-order valence-corrected chi connectivity index (χ4v) is 3.53. The standard InChI is InChI=1S/C18H24N4O2/c1-13-11-19-8-3-15(13)22-17(18(6-7-18)12-23-2)20-16(21-22)14-4-9-24-10-5-14/h3,8,11,14H,4-7,9-10,12H2,1-2H3. The van der Waals surface area contributed by atoms with Gasteiger partial charge in [-0.15, -0.1) is 0 Å². The number of pyridine rings is 1. The van der Waals surface area contributed by atoms with Crippen LogP contribution in [0.1, 0.15) is 48.8 Å². The average Bonchev–Trinajstić information content (AvgIpc) is 3.25. The second-order valence-electron chi connectivity index (χ2n) is 6.97. The van der Waals surface area contributed by atoms with Gasteiger partial charge in [0.25, 0.3) is 0 Å². The largest absolute Gasteiger partial charge is 0.384 e. The van der Waals surface area contributed by atoms with Crippen LogP contribution in [0.15, 0.2) is 18.5 Å². The highest BCUT2D eigenvalue weighted by atomic mass is 16.5. The molecule has 128 valence electrons. The molecule has 0 amide bonds. The fraction of sp³-hybridized carbons (Fsp3) is 0.611. The van der Waals surface area contributed by atoms with Gasteiger partial charge < -0.3 is 9.47 Å². The molecule has 0 bridgehead atoms. The number of hydrogen-bond acceptors (Lipinski definition) is 5. The molecule has 2 aromatic heterocycles. The molecule has 2 fully saturated rings. The van der Waals surface area contributed by atoms with Crippen molar-refractivity contribution in [1.29, 1.82) is 0 Å². The van der Waals surface area contributed by atoms with Crippen LogP contribution in [0.25, 0.3) is 5.69 Å². The predicted octanol–water partition coefficient (Wildman–Crippen LogP) is 2.54. The van der Waals surface area contributed by atoms with Crippen LogP contribution in [0, 0.1) is 6.92 Å². The first-order valence-electron chi connectivity index (χ1n) is 8.69. The third-order valence-corrected chi connectivity index (χ3v) is 5.18. The van der Waals surface area contributed by atoms with E-state index in [1.807, 2.05) is 23.1 Å². The Kier molecular flexibility index (Phi) is 4.10. The van der Waals surface area contributed by atoms with E-state index in [2.05, 4.69) is 11.9 Å². The van der Waals surface area contributed by atoms with Crippen molar-refractivity contribution in [3.8, 4) is 5.69 Å². The van der Waals surface area contributed by atoms with Crippen LogP contribution in [-0.4, -0.2) is 46.7 Å². The number of nitrogens with zero attached hydrogens (tertiary/aromatic N) is 4. The maximum Gasteiger partial charge on any atom is 0.154 e. The summed E-state index contributed by atoms with van der Waals surface area (Å²) < 4.78 is 13.0. The van der Waals surface area contributed by atoms with Crippen LogP contribution >= 0.6 is 0 Å². The molecular weight excluding hydrogens is 304 g/mol.